The van der Waals surface area contributed by atoms with Crippen molar-refractivity contribution < 1.29 is 17.2 Å². The molecule has 0 heterocycles. The van der Waals surface area contributed by atoms with Crippen LogP contribution in [0.3, 0.4) is 0 Å². The molecule has 0 N–H and O–H groups in total. The minimum atomic E-state index is -3.91. The summed E-state index contributed by atoms with van der Waals surface area (Å²) < 4.78 is 53.0. The van der Waals surface area contributed by atoms with E-state index in [-0.39, 0.29) is 17.5 Å². The fourth-order valence-electron chi connectivity index (χ4n) is 2.08. The minimum Gasteiger partial charge on any atom is -0.207 e. The zero-order valence-electron chi connectivity index (χ0n) is 12.3. The van der Waals surface area contributed by atoms with Gasteiger partial charge in [-0.25, -0.2) is 17.2 Å². The van der Waals surface area contributed by atoms with Crippen LogP contribution in [-0.2, 0) is 16.6 Å². The van der Waals surface area contributed by atoms with E-state index in [9.17, 15) is 17.2 Å². The molecule has 3 nitrogen and oxygen atoms in total. The van der Waals surface area contributed by atoms with Gasteiger partial charge in [-0.3, -0.25) is 0 Å². The highest BCUT2D eigenvalue weighted by Crippen LogP contribution is 2.22. The van der Waals surface area contributed by atoms with Crippen molar-refractivity contribution >= 4 is 10.0 Å². The lowest BCUT2D eigenvalue weighted by Crippen LogP contribution is -2.36. The van der Waals surface area contributed by atoms with Gasteiger partial charge < -0.3 is 0 Å². The molecule has 0 aliphatic heterocycles. The van der Waals surface area contributed by atoms with Crippen LogP contribution in [0.1, 0.15) is 19.4 Å². The van der Waals surface area contributed by atoms with E-state index in [2.05, 4.69) is 0 Å². The summed E-state index contributed by atoms with van der Waals surface area (Å²) in [4.78, 5) is -0.254. The smallest absolute Gasteiger partial charge is 0.207 e. The molecule has 6 heteroatoms. The summed E-state index contributed by atoms with van der Waals surface area (Å²) in [5.41, 5.74) is 0.822. The van der Waals surface area contributed by atoms with Gasteiger partial charge in [-0.2, -0.15) is 4.31 Å². The lowest BCUT2D eigenvalue weighted by atomic mass is 10.2. The highest BCUT2D eigenvalue weighted by atomic mass is 32.2. The van der Waals surface area contributed by atoms with Crippen molar-refractivity contribution in [2.45, 2.75) is 31.3 Å². The van der Waals surface area contributed by atoms with E-state index < -0.39 is 21.7 Å². The van der Waals surface area contributed by atoms with Crippen molar-refractivity contribution in [3.05, 3.63) is 65.7 Å². The second-order valence-corrected chi connectivity index (χ2v) is 7.10. The summed E-state index contributed by atoms with van der Waals surface area (Å²) in [5, 5.41) is 0. The summed E-state index contributed by atoms with van der Waals surface area (Å²) in [6.45, 7) is 3.64. The third-order valence-corrected chi connectivity index (χ3v) is 5.27. The number of hydrogen-bond acceptors (Lipinski definition) is 2. The maximum Gasteiger partial charge on any atom is 0.243 e. The van der Waals surface area contributed by atoms with Crippen LogP contribution < -0.4 is 0 Å². The summed E-state index contributed by atoms with van der Waals surface area (Å²) in [7, 11) is -3.91. The van der Waals surface area contributed by atoms with Gasteiger partial charge in [0, 0.05) is 12.6 Å². The van der Waals surface area contributed by atoms with Crippen LogP contribution in [0.15, 0.2) is 53.4 Å². The molecule has 0 aliphatic carbocycles. The van der Waals surface area contributed by atoms with Crippen LogP contribution in [0.4, 0.5) is 8.78 Å². The van der Waals surface area contributed by atoms with Crippen molar-refractivity contribution in [3.63, 3.8) is 0 Å². The molecule has 0 atom stereocenters. The number of sulfonamides is 1. The summed E-state index contributed by atoms with van der Waals surface area (Å²) in [6.07, 6.45) is 0. The SMILES string of the molecule is CC(C)N(Cc1ccccc1)S(=O)(=O)c1ccc(F)c(F)c1. The third-order valence-electron chi connectivity index (χ3n) is 3.25. The maximum absolute atomic E-state index is 13.3. The summed E-state index contributed by atoms with van der Waals surface area (Å²) in [6, 6.07) is 11.4. The second-order valence-electron chi connectivity index (χ2n) is 5.21. The Bertz CT molecular complexity index is 746. The van der Waals surface area contributed by atoms with Gasteiger partial charge in [0.2, 0.25) is 10.0 Å². The van der Waals surface area contributed by atoms with Crippen LogP contribution in [0.2, 0.25) is 0 Å². The lowest BCUT2D eigenvalue weighted by molar-refractivity contribution is 0.347. The second kappa shape index (κ2) is 6.54. The van der Waals surface area contributed by atoms with Crippen LogP contribution in [0, 0.1) is 11.6 Å². The van der Waals surface area contributed by atoms with Crippen LogP contribution in [0.5, 0.6) is 0 Å². The number of halogens is 2. The zero-order chi connectivity index (χ0) is 16.3. The Morgan fingerprint density at radius 2 is 1.64 bits per heavy atom. The molecule has 0 amide bonds. The first-order valence-electron chi connectivity index (χ1n) is 6.83. The average molecular weight is 325 g/mol. The molecule has 0 aliphatic rings. The Morgan fingerprint density at radius 1 is 1.00 bits per heavy atom. The predicted octanol–water partition coefficient (Wildman–Crippen LogP) is 3.56. The standard InChI is InChI=1S/C16H17F2NO2S/c1-12(2)19(11-13-6-4-3-5-7-13)22(20,21)14-8-9-15(17)16(18)10-14/h3-10,12H,11H2,1-2H3. The van der Waals surface area contributed by atoms with Gasteiger partial charge in [-0.1, -0.05) is 30.3 Å². The Labute approximate surface area is 129 Å². The van der Waals surface area contributed by atoms with Crippen LogP contribution in [0.25, 0.3) is 0 Å². The quantitative estimate of drug-likeness (QED) is 0.843. The Balaban J connectivity index is 2.40. The molecule has 0 radical (unpaired) electrons. The van der Waals surface area contributed by atoms with E-state index in [0.717, 1.165) is 17.7 Å². The molecule has 2 aromatic carbocycles. The van der Waals surface area contributed by atoms with Crippen molar-refractivity contribution in [1.82, 2.24) is 4.31 Å². The zero-order valence-corrected chi connectivity index (χ0v) is 13.1. The average Bonchev–Trinajstić information content (AvgIpc) is 2.48. The number of benzene rings is 2. The topological polar surface area (TPSA) is 37.4 Å². The molecule has 0 unspecified atom stereocenters. The molecular formula is C16H17F2NO2S. The largest absolute Gasteiger partial charge is 0.243 e. The Kier molecular flexibility index (Phi) is 4.93. The number of hydrogen-bond donors (Lipinski definition) is 0. The molecule has 0 bridgehead atoms. The summed E-state index contributed by atoms with van der Waals surface area (Å²) in [5.74, 6) is -2.25. The van der Waals surface area contributed by atoms with Crippen molar-refractivity contribution in [2.24, 2.45) is 0 Å². The highest BCUT2D eigenvalue weighted by molar-refractivity contribution is 7.89. The molecule has 2 aromatic rings. The highest BCUT2D eigenvalue weighted by Gasteiger charge is 2.28. The van der Waals surface area contributed by atoms with Gasteiger partial charge in [0.1, 0.15) is 0 Å². The van der Waals surface area contributed by atoms with Gasteiger partial charge in [0.05, 0.1) is 4.90 Å². The van der Waals surface area contributed by atoms with Crippen molar-refractivity contribution in [3.8, 4) is 0 Å². The van der Waals surface area contributed by atoms with Crippen LogP contribution >= 0.6 is 0 Å². The molecular weight excluding hydrogens is 308 g/mol. The maximum atomic E-state index is 13.3. The van der Waals surface area contributed by atoms with E-state index >= 15 is 0 Å². The third kappa shape index (κ3) is 3.51. The van der Waals surface area contributed by atoms with E-state index in [4.69, 9.17) is 0 Å². The fourth-order valence-corrected chi connectivity index (χ4v) is 3.72. The Morgan fingerprint density at radius 3 is 2.18 bits per heavy atom. The molecule has 22 heavy (non-hydrogen) atoms. The number of nitrogens with zero attached hydrogens (tertiary/aromatic N) is 1. The molecule has 2 rings (SSSR count). The fraction of sp³-hybridized carbons (Fsp3) is 0.250. The van der Waals surface area contributed by atoms with Gasteiger partial charge in [-0.05, 0) is 37.6 Å². The van der Waals surface area contributed by atoms with Gasteiger partial charge >= 0.3 is 0 Å². The Hall–Kier alpha value is -1.79. The van der Waals surface area contributed by atoms with Crippen molar-refractivity contribution in [2.75, 3.05) is 0 Å². The molecule has 118 valence electrons. The first kappa shape index (κ1) is 16.6. The first-order chi connectivity index (χ1) is 10.3. The van der Waals surface area contributed by atoms with E-state index in [1.807, 2.05) is 30.3 Å². The van der Waals surface area contributed by atoms with E-state index in [1.165, 1.54) is 4.31 Å². The summed E-state index contributed by atoms with van der Waals surface area (Å²) >= 11 is 0. The normalized spacial score (nSPS) is 12.1. The first-order valence-corrected chi connectivity index (χ1v) is 8.27. The van der Waals surface area contributed by atoms with Gasteiger partial charge in [-0.15, -0.1) is 0 Å². The molecule has 0 saturated carbocycles. The number of rotatable bonds is 5. The van der Waals surface area contributed by atoms with Crippen molar-refractivity contribution in [1.29, 1.82) is 0 Å². The van der Waals surface area contributed by atoms with E-state index in [0.29, 0.717) is 6.07 Å². The molecule has 0 aromatic heterocycles. The molecule has 0 saturated heterocycles. The molecule has 0 spiro atoms. The monoisotopic (exact) mass is 325 g/mol. The van der Waals surface area contributed by atoms with Gasteiger partial charge in [0.25, 0.3) is 0 Å². The van der Waals surface area contributed by atoms with Crippen LogP contribution in [-0.4, -0.2) is 18.8 Å². The predicted molar refractivity (Wildman–Crippen MR) is 80.7 cm³/mol. The molecule has 0 fully saturated rings. The van der Waals surface area contributed by atoms with E-state index in [1.54, 1.807) is 13.8 Å². The lowest BCUT2D eigenvalue weighted by Gasteiger charge is -2.26. The van der Waals surface area contributed by atoms with Gasteiger partial charge in [0.15, 0.2) is 11.6 Å². The minimum absolute atomic E-state index is 0.167.